The Balaban J connectivity index is 1.22. The number of hydrogen-bond acceptors (Lipinski definition) is 15. The Morgan fingerprint density at radius 2 is 0.597 bits per heavy atom. The van der Waals surface area contributed by atoms with Crippen LogP contribution in [0.15, 0.2) is 164 Å². The van der Waals surface area contributed by atoms with Gasteiger partial charge < -0.3 is 45.0 Å². The van der Waals surface area contributed by atoms with Crippen LogP contribution in [0.5, 0.6) is 17.2 Å². The fourth-order valence-electron chi connectivity index (χ4n) is 5.96. The van der Waals surface area contributed by atoms with Crippen molar-refractivity contribution in [3.63, 3.8) is 0 Å². The molecule has 0 radical (unpaired) electrons. The minimum absolute atomic E-state index is 0.0877. The van der Waals surface area contributed by atoms with E-state index in [9.17, 15) is 28.8 Å². The number of carbonyl (C=O) groups excluding carboxylic acids is 6. The second-order valence-electron chi connectivity index (χ2n) is 13.9. The van der Waals surface area contributed by atoms with Crippen molar-refractivity contribution in [2.45, 2.75) is 19.8 Å². The number of carbonyl (C=O) groups is 6. The molecule has 0 fully saturated rings. The molecule has 0 aliphatic heterocycles. The summed E-state index contributed by atoms with van der Waals surface area (Å²) in [7, 11) is -2.42. The molecule has 0 aliphatic rings. The van der Waals surface area contributed by atoms with Gasteiger partial charge in [0.25, 0.3) is 0 Å². The molecule has 6 aromatic rings. The monoisotopic (exact) mass is 928 g/mol. The normalized spacial score (nSPS) is 10.6. The summed E-state index contributed by atoms with van der Waals surface area (Å²) in [5.74, 6) is -1.66. The standard InChI is InChI=1S/C48H45N6O12P/c49-28-43(55)52(46(58)61-31-34-10-4-1-5-11-34)37-16-22-40(23-17-37)64-67(65-41-24-18-38(19-25-41)53(44(56)29-50)47(59)62-32-35-12-6-2-7-13-35)66-42-26-20-39(21-27-42)54(45(57)30-51)48(60)63-33-36-14-8-3-9-15-36/h1-27H,28-33,49-51H2. The third-order valence-corrected chi connectivity index (χ3v) is 10.3. The van der Waals surface area contributed by atoms with E-state index in [4.69, 9.17) is 45.0 Å². The summed E-state index contributed by atoms with van der Waals surface area (Å²) in [6.07, 6.45) is -2.83. The largest absolute Gasteiger partial charge is 0.530 e. The van der Waals surface area contributed by atoms with Crippen LogP contribution < -0.4 is 45.5 Å². The van der Waals surface area contributed by atoms with Crippen LogP contribution in [0.1, 0.15) is 16.7 Å². The van der Waals surface area contributed by atoms with Gasteiger partial charge in [-0.15, -0.1) is 0 Å². The Labute approximate surface area is 386 Å². The van der Waals surface area contributed by atoms with Gasteiger partial charge in [0, 0.05) is 0 Å². The summed E-state index contributed by atoms with van der Waals surface area (Å²) >= 11 is 0. The highest BCUT2D eigenvalue weighted by Gasteiger charge is 2.28. The fourth-order valence-corrected chi connectivity index (χ4v) is 6.95. The van der Waals surface area contributed by atoms with Crippen LogP contribution in [0.3, 0.4) is 0 Å². The highest BCUT2D eigenvalue weighted by molar-refractivity contribution is 7.43. The summed E-state index contributed by atoms with van der Waals surface area (Å²) in [5.41, 5.74) is 19.5. The van der Waals surface area contributed by atoms with Crippen LogP contribution in [0.25, 0.3) is 0 Å². The Kier molecular flexibility index (Phi) is 17.5. The van der Waals surface area contributed by atoms with E-state index >= 15 is 0 Å². The number of benzene rings is 6. The van der Waals surface area contributed by atoms with Gasteiger partial charge in [-0.1, -0.05) is 91.0 Å². The molecule has 6 aromatic carbocycles. The van der Waals surface area contributed by atoms with Crippen molar-refractivity contribution in [2.24, 2.45) is 17.2 Å². The van der Waals surface area contributed by atoms with Gasteiger partial charge in [0.2, 0.25) is 17.7 Å². The molecule has 344 valence electrons. The molecule has 0 aliphatic carbocycles. The SMILES string of the molecule is NCC(=O)N(C(=O)OCc1ccccc1)c1ccc(OP(Oc2ccc(N(C(=O)CN)C(=O)OCc3ccccc3)cc2)Oc2ccc(N(C(=O)CN)C(=O)OCc3ccccc3)cc2)cc1. The van der Waals surface area contributed by atoms with Crippen molar-refractivity contribution < 1.29 is 56.5 Å². The molecular weight excluding hydrogens is 884 g/mol. The van der Waals surface area contributed by atoms with Crippen LogP contribution in [-0.4, -0.2) is 55.6 Å². The quantitative estimate of drug-likeness (QED) is 0.0564. The van der Waals surface area contributed by atoms with E-state index in [0.717, 1.165) is 14.7 Å². The van der Waals surface area contributed by atoms with Crippen molar-refractivity contribution in [1.29, 1.82) is 0 Å². The van der Waals surface area contributed by atoms with Crippen LogP contribution in [-0.2, 0) is 48.4 Å². The first-order valence-corrected chi connectivity index (χ1v) is 21.5. The van der Waals surface area contributed by atoms with E-state index in [0.29, 0.717) is 16.7 Å². The van der Waals surface area contributed by atoms with Crippen LogP contribution in [0, 0.1) is 0 Å². The zero-order valence-electron chi connectivity index (χ0n) is 35.8. The topological polar surface area (TPSA) is 246 Å². The second-order valence-corrected chi connectivity index (χ2v) is 14.9. The third kappa shape index (κ3) is 13.7. The molecule has 0 aromatic heterocycles. The fraction of sp³-hybridized carbons (Fsp3) is 0.125. The maximum absolute atomic E-state index is 13.1. The minimum Gasteiger partial charge on any atom is -0.444 e. The highest BCUT2D eigenvalue weighted by atomic mass is 31.2. The van der Waals surface area contributed by atoms with Crippen molar-refractivity contribution in [1.82, 2.24) is 0 Å². The van der Waals surface area contributed by atoms with Crippen molar-refractivity contribution in [2.75, 3.05) is 34.3 Å². The number of nitrogens with two attached hydrogens (primary N) is 3. The van der Waals surface area contributed by atoms with Gasteiger partial charge in [0.1, 0.15) is 37.1 Å². The van der Waals surface area contributed by atoms with Gasteiger partial charge in [0.15, 0.2) is 0 Å². The van der Waals surface area contributed by atoms with E-state index in [-0.39, 0.29) is 54.1 Å². The number of amides is 6. The summed E-state index contributed by atoms with van der Waals surface area (Å²) in [5, 5.41) is 0. The first-order valence-electron chi connectivity index (χ1n) is 20.4. The van der Waals surface area contributed by atoms with Crippen molar-refractivity contribution in [3.8, 4) is 17.2 Å². The molecular formula is C48H45N6O12P. The van der Waals surface area contributed by atoms with E-state index in [1.54, 1.807) is 72.8 Å². The zero-order chi connectivity index (χ0) is 47.5. The van der Waals surface area contributed by atoms with Crippen molar-refractivity contribution in [3.05, 3.63) is 180 Å². The molecule has 0 spiro atoms. The lowest BCUT2D eigenvalue weighted by Crippen LogP contribution is -2.41. The van der Waals surface area contributed by atoms with E-state index in [1.165, 1.54) is 72.8 Å². The number of hydrogen-bond donors (Lipinski definition) is 3. The first kappa shape index (κ1) is 48.3. The van der Waals surface area contributed by atoms with Gasteiger partial charge in [0.05, 0.1) is 36.7 Å². The molecule has 0 saturated heterocycles. The molecule has 6 N–H and O–H groups in total. The van der Waals surface area contributed by atoms with E-state index in [2.05, 4.69) is 0 Å². The first-order chi connectivity index (χ1) is 32.6. The average molecular weight is 929 g/mol. The summed E-state index contributed by atoms with van der Waals surface area (Å²) in [4.78, 5) is 80.4. The summed E-state index contributed by atoms with van der Waals surface area (Å²) < 4.78 is 34.7. The van der Waals surface area contributed by atoms with Gasteiger partial charge in [-0.25, -0.2) is 29.1 Å². The highest BCUT2D eigenvalue weighted by Crippen LogP contribution is 2.43. The van der Waals surface area contributed by atoms with Crippen molar-refractivity contribution >= 4 is 61.7 Å². The smallest absolute Gasteiger partial charge is 0.444 e. The lowest BCUT2D eigenvalue weighted by molar-refractivity contribution is -0.117. The van der Waals surface area contributed by atoms with Gasteiger partial charge in [-0.3, -0.25) is 14.4 Å². The predicted octanol–water partition coefficient (Wildman–Crippen LogP) is 7.34. The second kappa shape index (κ2) is 24.2. The Morgan fingerprint density at radius 3 is 0.821 bits per heavy atom. The average Bonchev–Trinajstić information content (AvgIpc) is 3.36. The molecule has 6 amide bonds. The Morgan fingerprint density at radius 1 is 0.358 bits per heavy atom. The minimum atomic E-state index is -2.42. The summed E-state index contributed by atoms with van der Waals surface area (Å²) in [6.45, 7) is -1.71. The number of ether oxygens (including phenoxy) is 3. The molecule has 0 atom stereocenters. The number of anilines is 3. The summed E-state index contributed by atoms with van der Waals surface area (Å²) in [6, 6.07) is 44.1. The Bertz CT molecular complexity index is 2310. The van der Waals surface area contributed by atoms with Crippen LogP contribution >= 0.6 is 8.60 Å². The molecule has 0 heterocycles. The van der Waals surface area contributed by atoms with Gasteiger partial charge in [-0.2, -0.15) is 0 Å². The molecule has 6 rings (SSSR count). The molecule has 18 nitrogen and oxygen atoms in total. The molecule has 0 saturated carbocycles. The predicted molar refractivity (Wildman–Crippen MR) is 248 cm³/mol. The maximum Gasteiger partial charge on any atom is 0.530 e. The number of imide groups is 3. The lowest BCUT2D eigenvalue weighted by Gasteiger charge is -2.22. The van der Waals surface area contributed by atoms with E-state index in [1.807, 2.05) is 18.2 Å². The van der Waals surface area contributed by atoms with Crippen LogP contribution in [0.2, 0.25) is 0 Å². The third-order valence-electron chi connectivity index (χ3n) is 9.26. The molecule has 19 heteroatoms. The zero-order valence-corrected chi connectivity index (χ0v) is 36.6. The number of nitrogens with zero attached hydrogens (tertiary/aromatic N) is 3. The molecule has 0 unspecified atom stereocenters. The molecule has 0 bridgehead atoms. The Hall–Kier alpha value is -8.15. The van der Waals surface area contributed by atoms with Gasteiger partial charge >= 0.3 is 26.9 Å². The maximum atomic E-state index is 13.1. The lowest BCUT2D eigenvalue weighted by atomic mass is 10.2. The number of rotatable bonds is 18. The van der Waals surface area contributed by atoms with Crippen LogP contribution in [0.4, 0.5) is 31.4 Å². The van der Waals surface area contributed by atoms with E-state index < -0.39 is 64.2 Å². The molecule has 67 heavy (non-hydrogen) atoms. The van der Waals surface area contributed by atoms with Gasteiger partial charge in [-0.05, 0) is 89.5 Å².